The molecule has 24 heavy (non-hydrogen) atoms. The molecule has 0 aliphatic heterocycles. The Labute approximate surface area is 148 Å². The van der Waals surface area contributed by atoms with Gasteiger partial charge in [0, 0.05) is 0 Å². The van der Waals surface area contributed by atoms with E-state index in [2.05, 4.69) is 83.1 Å². The zero-order valence-electron chi connectivity index (χ0n) is 16.0. The van der Waals surface area contributed by atoms with Gasteiger partial charge in [-0.25, -0.2) is 0 Å². The van der Waals surface area contributed by atoms with E-state index in [1.54, 1.807) is 11.1 Å². The van der Waals surface area contributed by atoms with Crippen molar-refractivity contribution < 1.29 is 0 Å². The first-order valence-corrected chi connectivity index (χ1v) is 9.51. The Morgan fingerprint density at radius 3 is 2.08 bits per heavy atom. The third-order valence-electron chi connectivity index (χ3n) is 5.09. The molecule has 0 heteroatoms. The van der Waals surface area contributed by atoms with E-state index in [0.717, 1.165) is 12.8 Å². The van der Waals surface area contributed by atoms with Gasteiger partial charge in [0.1, 0.15) is 0 Å². The Morgan fingerprint density at radius 2 is 1.50 bits per heavy atom. The minimum Gasteiger partial charge on any atom is -0.0651 e. The first-order chi connectivity index (χ1) is 11.6. The molecule has 0 spiro atoms. The average molecular weight is 321 g/mol. The van der Waals surface area contributed by atoms with E-state index < -0.39 is 0 Å². The monoisotopic (exact) mass is 320 g/mol. The molecule has 0 aliphatic rings. The van der Waals surface area contributed by atoms with Crippen LogP contribution in [0.1, 0.15) is 69.2 Å². The fourth-order valence-electron chi connectivity index (χ4n) is 3.59. The predicted molar refractivity (Wildman–Crippen MR) is 108 cm³/mol. The second kappa shape index (κ2) is 8.87. The van der Waals surface area contributed by atoms with Crippen molar-refractivity contribution in [2.45, 2.75) is 60.3 Å². The topological polar surface area (TPSA) is 0 Å². The third-order valence-corrected chi connectivity index (χ3v) is 5.09. The highest BCUT2D eigenvalue weighted by Crippen LogP contribution is 2.38. The smallest absolute Gasteiger partial charge is 0.0184 e. The van der Waals surface area contributed by atoms with Gasteiger partial charge in [0.2, 0.25) is 0 Å². The van der Waals surface area contributed by atoms with E-state index in [-0.39, 0.29) is 0 Å². The normalized spacial score (nSPS) is 13.5. The van der Waals surface area contributed by atoms with Gasteiger partial charge in [-0.05, 0) is 65.5 Å². The van der Waals surface area contributed by atoms with E-state index in [1.165, 1.54) is 35.1 Å². The SMILES string of the molecule is CCC/C(=C(/c1ccccc1C)C(C)CC)c1ccccc1CC. The van der Waals surface area contributed by atoms with Crippen LogP contribution in [0.5, 0.6) is 0 Å². The number of hydrogen-bond acceptors (Lipinski definition) is 0. The van der Waals surface area contributed by atoms with Crippen molar-refractivity contribution in [3.8, 4) is 0 Å². The van der Waals surface area contributed by atoms with Gasteiger partial charge in [-0.15, -0.1) is 0 Å². The zero-order valence-corrected chi connectivity index (χ0v) is 16.0. The molecule has 0 saturated heterocycles. The number of aryl methyl sites for hydroxylation is 2. The Hall–Kier alpha value is -1.82. The van der Waals surface area contributed by atoms with Gasteiger partial charge in [-0.3, -0.25) is 0 Å². The van der Waals surface area contributed by atoms with Crippen molar-refractivity contribution in [1.82, 2.24) is 0 Å². The molecule has 0 nitrogen and oxygen atoms in total. The van der Waals surface area contributed by atoms with Crippen molar-refractivity contribution in [3.63, 3.8) is 0 Å². The molecule has 0 heterocycles. The summed E-state index contributed by atoms with van der Waals surface area (Å²) in [7, 11) is 0. The van der Waals surface area contributed by atoms with Crippen LogP contribution in [0.25, 0.3) is 11.1 Å². The third kappa shape index (κ3) is 3.98. The molecule has 2 aromatic rings. The molecule has 0 N–H and O–H groups in total. The maximum Gasteiger partial charge on any atom is -0.0184 e. The van der Waals surface area contributed by atoms with Crippen molar-refractivity contribution in [2.24, 2.45) is 5.92 Å². The number of allylic oxidation sites excluding steroid dienone is 2. The summed E-state index contributed by atoms with van der Waals surface area (Å²) in [5, 5.41) is 0. The Kier molecular flexibility index (Phi) is 6.85. The standard InChI is InChI=1S/C24H32/c1-6-13-23(22-17-12-10-15-20(22)8-3)24(18(4)7-2)21-16-11-9-14-19(21)5/h9-12,14-18H,6-8,13H2,1-5H3/b24-23-. The van der Waals surface area contributed by atoms with E-state index in [0.29, 0.717) is 5.92 Å². The second-order valence-corrected chi connectivity index (χ2v) is 6.78. The minimum absolute atomic E-state index is 0.567. The molecule has 2 rings (SSSR count). The molecule has 0 saturated carbocycles. The van der Waals surface area contributed by atoms with Gasteiger partial charge in [0.15, 0.2) is 0 Å². The van der Waals surface area contributed by atoms with Crippen LogP contribution in [0, 0.1) is 12.8 Å². The second-order valence-electron chi connectivity index (χ2n) is 6.78. The van der Waals surface area contributed by atoms with Gasteiger partial charge in [-0.2, -0.15) is 0 Å². The summed E-state index contributed by atoms with van der Waals surface area (Å²) in [6, 6.07) is 17.8. The fraction of sp³-hybridized carbons (Fsp3) is 0.417. The van der Waals surface area contributed by atoms with Gasteiger partial charge in [0.05, 0.1) is 0 Å². The molecule has 0 aliphatic carbocycles. The van der Waals surface area contributed by atoms with Gasteiger partial charge in [-0.1, -0.05) is 82.6 Å². The van der Waals surface area contributed by atoms with Crippen molar-refractivity contribution in [2.75, 3.05) is 0 Å². The fourth-order valence-corrected chi connectivity index (χ4v) is 3.59. The van der Waals surface area contributed by atoms with Crippen LogP contribution in [0.15, 0.2) is 48.5 Å². The molecule has 1 unspecified atom stereocenters. The molecule has 0 bridgehead atoms. The molecule has 128 valence electrons. The van der Waals surface area contributed by atoms with Gasteiger partial charge < -0.3 is 0 Å². The Bertz CT molecular complexity index is 691. The minimum atomic E-state index is 0.567. The van der Waals surface area contributed by atoms with Crippen molar-refractivity contribution >= 4 is 11.1 Å². The van der Waals surface area contributed by atoms with E-state index in [4.69, 9.17) is 0 Å². The molecule has 1 atom stereocenters. The van der Waals surface area contributed by atoms with Crippen LogP contribution in [-0.4, -0.2) is 0 Å². The molecule has 0 aromatic heterocycles. The van der Waals surface area contributed by atoms with Crippen LogP contribution < -0.4 is 0 Å². The van der Waals surface area contributed by atoms with Crippen LogP contribution in [0.2, 0.25) is 0 Å². The van der Waals surface area contributed by atoms with E-state index in [9.17, 15) is 0 Å². The largest absolute Gasteiger partial charge is 0.0651 e. The summed E-state index contributed by atoms with van der Waals surface area (Å²) in [4.78, 5) is 0. The Morgan fingerprint density at radius 1 is 0.875 bits per heavy atom. The van der Waals surface area contributed by atoms with Crippen LogP contribution in [0.4, 0.5) is 0 Å². The summed E-state index contributed by atoms with van der Waals surface area (Å²) < 4.78 is 0. The molecule has 2 aromatic carbocycles. The first-order valence-electron chi connectivity index (χ1n) is 9.51. The lowest BCUT2D eigenvalue weighted by Crippen LogP contribution is -2.05. The highest BCUT2D eigenvalue weighted by molar-refractivity contribution is 5.93. The summed E-state index contributed by atoms with van der Waals surface area (Å²) in [5.74, 6) is 0.567. The number of benzene rings is 2. The van der Waals surface area contributed by atoms with Crippen LogP contribution >= 0.6 is 0 Å². The zero-order chi connectivity index (χ0) is 17.5. The van der Waals surface area contributed by atoms with Crippen molar-refractivity contribution in [3.05, 3.63) is 70.8 Å². The molecular formula is C24H32. The number of hydrogen-bond donors (Lipinski definition) is 0. The molecule has 0 radical (unpaired) electrons. The summed E-state index contributed by atoms with van der Waals surface area (Å²) in [5.41, 5.74) is 8.85. The lowest BCUT2D eigenvalue weighted by Gasteiger charge is -2.24. The average Bonchev–Trinajstić information content (AvgIpc) is 2.62. The molecule has 0 fully saturated rings. The maximum absolute atomic E-state index is 2.38. The number of rotatable bonds is 7. The summed E-state index contributed by atoms with van der Waals surface area (Å²) >= 11 is 0. The highest BCUT2D eigenvalue weighted by atomic mass is 14.2. The Balaban J connectivity index is 2.78. The predicted octanol–water partition coefficient (Wildman–Crippen LogP) is 7.31. The van der Waals surface area contributed by atoms with Gasteiger partial charge >= 0.3 is 0 Å². The molecule has 0 amide bonds. The van der Waals surface area contributed by atoms with Crippen LogP contribution in [0.3, 0.4) is 0 Å². The highest BCUT2D eigenvalue weighted by Gasteiger charge is 2.19. The lowest BCUT2D eigenvalue weighted by molar-refractivity contribution is 0.715. The van der Waals surface area contributed by atoms with Gasteiger partial charge in [0.25, 0.3) is 0 Å². The van der Waals surface area contributed by atoms with E-state index in [1.807, 2.05) is 0 Å². The maximum atomic E-state index is 2.38. The summed E-state index contributed by atoms with van der Waals surface area (Å²) in [6.45, 7) is 11.5. The van der Waals surface area contributed by atoms with Crippen molar-refractivity contribution in [1.29, 1.82) is 0 Å². The lowest BCUT2D eigenvalue weighted by atomic mass is 9.81. The van der Waals surface area contributed by atoms with Crippen LogP contribution in [-0.2, 0) is 6.42 Å². The summed E-state index contributed by atoms with van der Waals surface area (Å²) in [6.07, 6.45) is 4.58. The van der Waals surface area contributed by atoms with E-state index >= 15 is 0 Å². The molecular weight excluding hydrogens is 288 g/mol. The first kappa shape index (κ1) is 18.5. The quantitative estimate of drug-likeness (QED) is 0.469.